The highest BCUT2D eigenvalue weighted by atomic mass is 32.2. The van der Waals surface area contributed by atoms with Crippen LogP contribution in [0, 0.1) is 0 Å². The molecule has 0 aliphatic carbocycles. The summed E-state index contributed by atoms with van der Waals surface area (Å²) >= 11 is 0. The summed E-state index contributed by atoms with van der Waals surface area (Å²) in [6, 6.07) is -1.16. The second-order valence-corrected chi connectivity index (χ2v) is 6.43. The van der Waals surface area contributed by atoms with Crippen LogP contribution in [0.4, 0.5) is 0 Å². The van der Waals surface area contributed by atoms with Crippen LogP contribution in [0.25, 0.3) is 0 Å². The fraction of sp³-hybridized carbons (Fsp3) is 0.800. The molecule has 1 saturated heterocycles. The Hall–Kier alpha value is -1.15. The first-order valence-electron chi connectivity index (χ1n) is 5.60. The van der Waals surface area contributed by atoms with Gasteiger partial charge >= 0.3 is 5.97 Å². The molecule has 0 aromatic carbocycles. The van der Waals surface area contributed by atoms with E-state index in [2.05, 4.69) is 0 Å². The van der Waals surface area contributed by atoms with Crippen LogP contribution in [0.5, 0.6) is 0 Å². The lowest BCUT2D eigenvalue weighted by atomic mass is 10.0. The van der Waals surface area contributed by atoms with Gasteiger partial charge in [0.05, 0.1) is 18.7 Å². The average molecular weight is 278 g/mol. The smallest absolute Gasteiger partial charge is 0.305 e. The van der Waals surface area contributed by atoms with Crippen LogP contribution in [-0.2, 0) is 19.6 Å². The maximum Gasteiger partial charge on any atom is 0.305 e. The lowest BCUT2D eigenvalue weighted by molar-refractivity contribution is -0.142. The number of hydrogen-bond acceptors (Lipinski definition) is 4. The monoisotopic (exact) mass is 278 g/mol. The zero-order valence-electron chi connectivity index (χ0n) is 10.7. The molecule has 0 bridgehead atoms. The van der Waals surface area contributed by atoms with Gasteiger partial charge in [0.2, 0.25) is 15.9 Å². The lowest BCUT2D eigenvalue weighted by Crippen LogP contribution is -2.61. The van der Waals surface area contributed by atoms with Crippen LogP contribution in [-0.4, -0.2) is 66.0 Å². The molecule has 0 unspecified atom stereocenters. The minimum atomic E-state index is -3.47. The molecular formula is C10H18N2O5S. The molecule has 1 N–H and O–H groups in total. The van der Waals surface area contributed by atoms with Crippen LogP contribution in [0.3, 0.4) is 0 Å². The van der Waals surface area contributed by atoms with Crippen molar-refractivity contribution >= 4 is 21.9 Å². The van der Waals surface area contributed by atoms with Gasteiger partial charge in [-0.25, -0.2) is 8.42 Å². The normalized spacial score (nSPS) is 26.1. The Morgan fingerprint density at radius 3 is 2.28 bits per heavy atom. The number of piperazine rings is 1. The average Bonchev–Trinajstić information content (AvgIpc) is 2.17. The molecule has 2 atom stereocenters. The SMILES string of the molecule is CC(=O)N1CCN(S(C)(=O)=O)[C@H](CC(=O)O)[C@@H]1C. The molecule has 0 aromatic rings. The number of aliphatic carboxylic acids is 1. The van der Waals surface area contributed by atoms with Crippen LogP contribution < -0.4 is 0 Å². The quantitative estimate of drug-likeness (QED) is 0.739. The Bertz CT molecular complexity index is 447. The molecule has 0 radical (unpaired) electrons. The van der Waals surface area contributed by atoms with E-state index in [1.54, 1.807) is 6.92 Å². The van der Waals surface area contributed by atoms with E-state index in [4.69, 9.17) is 5.11 Å². The largest absolute Gasteiger partial charge is 0.481 e. The van der Waals surface area contributed by atoms with E-state index in [-0.39, 0.29) is 18.9 Å². The summed E-state index contributed by atoms with van der Waals surface area (Å²) in [6.07, 6.45) is 0.746. The number of carbonyl (C=O) groups is 2. The minimum Gasteiger partial charge on any atom is -0.481 e. The second kappa shape index (κ2) is 5.23. The minimum absolute atomic E-state index is 0.140. The topological polar surface area (TPSA) is 95.0 Å². The van der Waals surface area contributed by atoms with E-state index in [0.717, 1.165) is 6.26 Å². The Morgan fingerprint density at radius 1 is 1.33 bits per heavy atom. The third-order valence-corrected chi connectivity index (χ3v) is 4.50. The van der Waals surface area contributed by atoms with Crippen molar-refractivity contribution in [2.75, 3.05) is 19.3 Å². The van der Waals surface area contributed by atoms with Gasteiger partial charge in [-0.2, -0.15) is 4.31 Å². The fourth-order valence-electron chi connectivity index (χ4n) is 2.33. The third-order valence-electron chi connectivity index (χ3n) is 3.19. The summed E-state index contributed by atoms with van der Waals surface area (Å²) in [5.41, 5.74) is 0. The molecule has 0 saturated carbocycles. The standard InChI is InChI=1S/C10H18N2O5S/c1-7-9(6-10(14)15)12(18(3,16)17)5-4-11(7)8(2)13/h7,9H,4-6H2,1-3H3,(H,14,15)/t7-,9+/m0/s1. The van der Waals surface area contributed by atoms with E-state index >= 15 is 0 Å². The number of amides is 1. The van der Waals surface area contributed by atoms with Gasteiger partial charge in [0, 0.05) is 26.1 Å². The molecule has 1 heterocycles. The van der Waals surface area contributed by atoms with Crippen LogP contribution in [0.1, 0.15) is 20.3 Å². The molecule has 0 aromatic heterocycles. The number of nitrogens with zero attached hydrogens (tertiary/aromatic N) is 2. The van der Waals surface area contributed by atoms with Gasteiger partial charge in [0.1, 0.15) is 0 Å². The third kappa shape index (κ3) is 3.20. The predicted molar refractivity (Wildman–Crippen MR) is 64.4 cm³/mol. The molecule has 7 nitrogen and oxygen atoms in total. The maximum absolute atomic E-state index is 11.6. The molecule has 0 spiro atoms. The van der Waals surface area contributed by atoms with Crippen LogP contribution >= 0.6 is 0 Å². The van der Waals surface area contributed by atoms with Gasteiger partial charge < -0.3 is 10.0 Å². The Labute approximate surface area is 106 Å². The fourth-order valence-corrected chi connectivity index (χ4v) is 3.49. The summed E-state index contributed by atoms with van der Waals surface area (Å²) < 4.78 is 24.4. The van der Waals surface area contributed by atoms with E-state index in [1.807, 2.05) is 0 Å². The molecule has 1 amide bonds. The summed E-state index contributed by atoms with van der Waals surface area (Å²) in [7, 11) is -3.47. The van der Waals surface area contributed by atoms with Crippen molar-refractivity contribution < 1.29 is 23.1 Å². The molecule has 1 rings (SSSR count). The molecule has 1 aliphatic heterocycles. The van der Waals surface area contributed by atoms with E-state index < -0.39 is 28.1 Å². The highest BCUT2D eigenvalue weighted by Crippen LogP contribution is 2.22. The van der Waals surface area contributed by atoms with Crippen molar-refractivity contribution in [1.82, 2.24) is 9.21 Å². The summed E-state index contributed by atoms with van der Waals surface area (Å²) in [5, 5.41) is 8.87. The molecule has 8 heteroatoms. The van der Waals surface area contributed by atoms with Gasteiger partial charge in [-0.1, -0.05) is 0 Å². The van der Waals surface area contributed by atoms with Gasteiger partial charge in [-0.3, -0.25) is 9.59 Å². The lowest BCUT2D eigenvalue weighted by Gasteiger charge is -2.44. The number of rotatable bonds is 3. The number of carboxylic acid groups (broad SMARTS) is 1. The maximum atomic E-state index is 11.6. The van der Waals surface area contributed by atoms with Gasteiger partial charge in [0.25, 0.3) is 0 Å². The van der Waals surface area contributed by atoms with Crippen LogP contribution in [0.15, 0.2) is 0 Å². The Balaban J connectivity index is 3.03. The van der Waals surface area contributed by atoms with Crippen molar-refractivity contribution in [3.8, 4) is 0 Å². The van der Waals surface area contributed by atoms with Gasteiger partial charge in [-0.15, -0.1) is 0 Å². The number of carbonyl (C=O) groups excluding carboxylic acids is 1. The molecule has 104 valence electrons. The van der Waals surface area contributed by atoms with Gasteiger partial charge in [0.15, 0.2) is 0 Å². The second-order valence-electron chi connectivity index (χ2n) is 4.49. The first-order valence-corrected chi connectivity index (χ1v) is 7.45. The van der Waals surface area contributed by atoms with Crippen molar-refractivity contribution in [3.05, 3.63) is 0 Å². The summed E-state index contributed by atoms with van der Waals surface area (Å²) in [5.74, 6) is -1.25. The molecular weight excluding hydrogens is 260 g/mol. The highest BCUT2D eigenvalue weighted by Gasteiger charge is 2.40. The van der Waals surface area contributed by atoms with Crippen molar-refractivity contribution in [1.29, 1.82) is 0 Å². The molecule has 1 fully saturated rings. The first-order chi connectivity index (χ1) is 8.14. The number of hydrogen-bond donors (Lipinski definition) is 1. The van der Waals surface area contributed by atoms with E-state index in [0.29, 0.717) is 6.54 Å². The Kier molecular flexibility index (Phi) is 4.33. The summed E-state index contributed by atoms with van der Waals surface area (Å²) in [6.45, 7) is 3.50. The summed E-state index contributed by atoms with van der Waals surface area (Å²) in [4.78, 5) is 23.8. The first kappa shape index (κ1) is 14.9. The molecule has 18 heavy (non-hydrogen) atoms. The van der Waals surface area contributed by atoms with Crippen molar-refractivity contribution in [2.45, 2.75) is 32.4 Å². The molecule has 1 aliphatic rings. The number of carboxylic acids is 1. The van der Waals surface area contributed by atoms with E-state index in [1.165, 1.54) is 16.1 Å². The zero-order valence-corrected chi connectivity index (χ0v) is 11.5. The van der Waals surface area contributed by atoms with Crippen LogP contribution in [0.2, 0.25) is 0 Å². The predicted octanol–water partition coefficient (Wildman–Crippen LogP) is -0.658. The Morgan fingerprint density at radius 2 is 1.89 bits per heavy atom. The highest BCUT2D eigenvalue weighted by molar-refractivity contribution is 7.88. The van der Waals surface area contributed by atoms with Crippen molar-refractivity contribution in [2.24, 2.45) is 0 Å². The zero-order chi connectivity index (χ0) is 14.1. The van der Waals surface area contributed by atoms with E-state index in [9.17, 15) is 18.0 Å². The van der Waals surface area contributed by atoms with Gasteiger partial charge in [-0.05, 0) is 6.92 Å². The number of sulfonamides is 1. The van der Waals surface area contributed by atoms with Crippen molar-refractivity contribution in [3.63, 3.8) is 0 Å².